The minimum absolute atomic E-state index is 0.0404. The molecule has 0 aliphatic rings. The second-order valence-electron chi connectivity index (χ2n) is 6.20. The Morgan fingerprint density at radius 3 is 2.17 bits per heavy atom. The lowest BCUT2D eigenvalue weighted by Gasteiger charge is -2.18. The van der Waals surface area contributed by atoms with E-state index in [2.05, 4.69) is 10.3 Å². The molecule has 2 aromatic carbocycles. The summed E-state index contributed by atoms with van der Waals surface area (Å²) in [7, 11) is 1.29. The van der Waals surface area contributed by atoms with Crippen molar-refractivity contribution in [3.05, 3.63) is 71.6 Å². The third-order valence-electron chi connectivity index (χ3n) is 4.07. The first-order valence-corrected chi connectivity index (χ1v) is 8.59. The maximum Gasteiger partial charge on any atom is 0.435 e. The summed E-state index contributed by atoms with van der Waals surface area (Å²) in [6.45, 7) is -0.0990. The van der Waals surface area contributed by atoms with E-state index in [4.69, 9.17) is 4.74 Å². The molecule has 0 bridgehead atoms. The third-order valence-corrected chi connectivity index (χ3v) is 4.07. The number of carbonyl (C=O) groups is 1. The van der Waals surface area contributed by atoms with Crippen molar-refractivity contribution in [3.8, 4) is 11.4 Å². The lowest BCUT2D eigenvalue weighted by Crippen LogP contribution is -2.33. The number of hydrogen-bond acceptors (Lipinski definition) is 4. The van der Waals surface area contributed by atoms with Crippen molar-refractivity contribution < 1.29 is 31.5 Å². The number of aromatic nitrogens is 3. The summed E-state index contributed by atoms with van der Waals surface area (Å²) in [5, 5.41) is 6.84. The van der Waals surface area contributed by atoms with Gasteiger partial charge in [0.1, 0.15) is 24.0 Å². The van der Waals surface area contributed by atoms with Crippen molar-refractivity contribution in [3.63, 3.8) is 0 Å². The van der Waals surface area contributed by atoms with Crippen molar-refractivity contribution in [1.29, 1.82) is 0 Å². The minimum atomic E-state index is -4.94. The number of carbonyl (C=O) groups excluding carboxylic acids is 1. The molecule has 0 unspecified atom stereocenters. The van der Waals surface area contributed by atoms with Crippen LogP contribution in [0.5, 0.6) is 5.75 Å². The largest absolute Gasteiger partial charge is 0.492 e. The van der Waals surface area contributed by atoms with Crippen molar-refractivity contribution in [2.75, 3.05) is 20.2 Å². The molecular formula is C19H15F5N4O2. The van der Waals surface area contributed by atoms with Gasteiger partial charge in [-0.25, -0.2) is 13.5 Å². The first kappa shape index (κ1) is 21.2. The summed E-state index contributed by atoms with van der Waals surface area (Å²) in [5.74, 6) is -1.75. The molecule has 0 radical (unpaired) electrons. The van der Waals surface area contributed by atoms with Gasteiger partial charge in [-0.3, -0.25) is 4.79 Å². The second kappa shape index (κ2) is 8.47. The Balaban J connectivity index is 1.77. The molecule has 0 spiro atoms. The molecule has 0 saturated heterocycles. The molecule has 3 aromatic rings. The van der Waals surface area contributed by atoms with Gasteiger partial charge in [0.15, 0.2) is 11.4 Å². The first-order chi connectivity index (χ1) is 14.2. The molecule has 1 heterocycles. The molecular weight excluding hydrogens is 411 g/mol. The van der Waals surface area contributed by atoms with Crippen LogP contribution in [0.3, 0.4) is 0 Å². The number of ether oxygens (including phenoxy) is 1. The molecule has 0 fully saturated rings. The number of halogens is 5. The smallest absolute Gasteiger partial charge is 0.435 e. The molecule has 0 atom stereocenters. The first-order valence-electron chi connectivity index (χ1n) is 8.59. The zero-order valence-corrected chi connectivity index (χ0v) is 15.5. The molecule has 1 amide bonds. The van der Waals surface area contributed by atoms with Gasteiger partial charge >= 0.3 is 6.18 Å². The lowest BCUT2D eigenvalue weighted by atomic mass is 10.2. The fraction of sp³-hybridized carbons (Fsp3) is 0.211. The Kier molecular flexibility index (Phi) is 5.99. The van der Waals surface area contributed by atoms with Gasteiger partial charge in [-0.1, -0.05) is 5.21 Å². The predicted molar refractivity (Wildman–Crippen MR) is 95.2 cm³/mol. The Morgan fingerprint density at radius 2 is 1.60 bits per heavy atom. The molecule has 1 aromatic heterocycles. The van der Waals surface area contributed by atoms with Crippen LogP contribution in [-0.4, -0.2) is 46.0 Å². The van der Waals surface area contributed by atoms with Crippen LogP contribution >= 0.6 is 0 Å². The normalized spacial score (nSPS) is 11.4. The molecule has 0 aliphatic heterocycles. The number of likely N-dealkylation sites (N-methyl/N-ethyl adjacent to an activating group) is 1. The Labute approximate surface area is 167 Å². The fourth-order valence-electron chi connectivity index (χ4n) is 2.56. The van der Waals surface area contributed by atoms with Gasteiger partial charge in [0.2, 0.25) is 0 Å². The van der Waals surface area contributed by atoms with E-state index in [1.807, 2.05) is 0 Å². The molecule has 3 rings (SSSR count). The molecule has 0 aliphatic carbocycles. The van der Waals surface area contributed by atoms with Gasteiger partial charge in [0.05, 0.1) is 12.2 Å². The zero-order valence-electron chi connectivity index (χ0n) is 15.5. The molecule has 11 heteroatoms. The van der Waals surface area contributed by atoms with E-state index in [0.29, 0.717) is 10.4 Å². The average Bonchev–Trinajstić information content (AvgIpc) is 3.15. The van der Waals surface area contributed by atoms with Crippen molar-refractivity contribution in [2.24, 2.45) is 0 Å². The molecule has 0 saturated carbocycles. The highest BCUT2D eigenvalue weighted by molar-refractivity contribution is 5.93. The summed E-state index contributed by atoms with van der Waals surface area (Å²) in [6, 6.07) is 9.26. The lowest BCUT2D eigenvalue weighted by molar-refractivity contribution is -0.143. The van der Waals surface area contributed by atoms with Gasteiger partial charge in [0.25, 0.3) is 5.91 Å². The molecule has 158 valence electrons. The van der Waals surface area contributed by atoms with Crippen LogP contribution in [0.15, 0.2) is 48.5 Å². The van der Waals surface area contributed by atoms with Gasteiger partial charge in [-0.05, 0) is 48.5 Å². The fourth-order valence-corrected chi connectivity index (χ4v) is 2.56. The summed E-state index contributed by atoms with van der Waals surface area (Å²) < 4.78 is 72.6. The third kappa shape index (κ3) is 4.73. The highest BCUT2D eigenvalue weighted by Gasteiger charge is 2.42. The number of amides is 1. The number of benzene rings is 2. The predicted octanol–water partition coefficient (Wildman–Crippen LogP) is 3.72. The van der Waals surface area contributed by atoms with Crippen LogP contribution in [0.4, 0.5) is 22.0 Å². The van der Waals surface area contributed by atoms with Gasteiger partial charge in [-0.2, -0.15) is 13.2 Å². The summed E-state index contributed by atoms with van der Waals surface area (Å²) >= 11 is 0. The maximum absolute atomic E-state index is 13.6. The van der Waals surface area contributed by atoms with Crippen molar-refractivity contribution in [1.82, 2.24) is 19.9 Å². The Hall–Kier alpha value is -3.50. The van der Waals surface area contributed by atoms with Crippen LogP contribution in [-0.2, 0) is 6.18 Å². The van der Waals surface area contributed by atoms with E-state index in [9.17, 15) is 26.7 Å². The zero-order chi connectivity index (χ0) is 21.9. The van der Waals surface area contributed by atoms with Crippen LogP contribution in [0.1, 0.15) is 16.2 Å². The van der Waals surface area contributed by atoms with Crippen LogP contribution in [0, 0.1) is 11.6 Å². The SMILES string of the molecule is CN(CCOc1ccc(F)cc1)C(=O)c1nnn(-c2ccc(F)cc2)c1C(F)(F)F. The summed E-state index contributed by atoms with van der Waals surface area (Å²) in [4.78, 5) is 13.5. The van der Waals surface area contributed by atoms with Crippen molar-refractivity contribution >= 4 is 5.91 Å². The van der Waals surface area contributed by atoms with Crippen LogP contribution in [0.25, 0.3) is 5.69 Å². The molecule has 6 nitrogen and oxygen atoms in total. The topological polar surface area (TPSA) is 60.2 Å². The standard InChI is InChI=1S/C19H15F5N4O2/c1-27(10-11-30-15-8-4-13(21)5-9-15)18(29)16-17(19(22,23)24)28(26-25-16)14-6-2-12(20)3-7-14/h2-9H,10-11H2,1H3. The highest BCUT2D eigenvalue weighted by atomic mass is 19.4. The van der Waals surface area contributed by atoms with E-state index in [0.717, 1.165) is 29.2 Å². The van der Waals surface area contributed by atoms with Gasteiger partial charge in [-0.15, -0.1) is 5.10 Å². The summed E-state index contributed by atoms with van der Waals surface area (Å²) in [5.41, 5.74) is -2.36. The number of nitrogens with zero attached hydrogens (tertiary/aromatic N) is 4. The molecule has 0 N–H and O–H groups in total. The van der Waals surface area contributed by atoms with E-state index in [1.54, 1.807) is 0 Å². The maximum atomic E-state index is 13.6. The number of alkyl halides is 3. The van der Waals surface area contributed by atoms with Crippen molar-refractivity contribution in [2.45, 2.75) is 6.18 Å². The van der Waals surface area contributed by atoms with Gasteiger partial charge in [0, 0.05) is 7.05 Å². The summed E-state index contributed by atoms with van der Waals surface area (Å²) in [6.07, 6.45) is -4.94. The monoisotopic (exact) mass is 426 g/mol. The van der Waals surface area contributed by atoms with Crippen LogP contribution < -0.4 is 4.74 Å². The Morgan fingerprint density at radius 1 is 1.03 bits per heavy atom. The molecule has 30 heavy (non-hydrogen) atoms. The minimum Gasteiger partial charge on any atom is -0.492 e. The van der Waals surface area contributed by atoms with E-state index in [-0.39, 0.29) is 18.8 Å². The second-order valence-corrected chi connectivity index (χ2v) is 6.20. The Bertz CT molecular complexity index is 1020. The van der Waals surface area contributed by atoms with E-state index < -0.39 is 35.1 Å². The highest BCUT2D eigenvalue weighted by Crippen LogP contribution is 2.33. The van der Waals surface area contributed by atoms with Crippen LogP contribution in [0.2, 0.25) is 0 Å². The van der Waals surface area contributed by atoms with E-state index in [1.165, 1.54) is 31.3 Å². The van der Waals surface area contributed by atoms with Gasteiger partial charge < -0.3 is 9.64 Å². The average molecular weight is 426 g/mol. The number of rotatable bonds is 6. The van der Waals surface area contributed by atoms with E-state index >= 15 is 0 Å². The number of hydrogen-bond donors (Lipinski definition) is 0. The quantitative estimate of drug-likeness (QED) is 0.564.